The van der Waals surface area contributed by atoms with Crippen molar-refractivity contribution in [2.75, 3.05) is 0 Å². The molecule has 0 bridgehead atoms. The Balaban J connectivity index is 1.23. The maximum atomic E-state index is 6.77. The summed E-state index contributed by atoms with van der Waals surface area (Å²) >= 11 is 1.52. The van der Waals surface area contributed by atoms with E-state index in [9.17, 15) is 0 Å². The Morgan fingerprint density at radius 2 is 1.16 bits per heavy atom. The predicted octanol–water partition coefficient (Wildman–Crippen LogP) is 10.7. The molecule has 5 aromatic carbocycles. The van der Waals surface area contributed by atoms with E-state index in [0.29, 0.717) is 22.5 Å². The molecule has 9 aromatic rings. The number of furan rings is 1. The van der Waals surface area contributed by atoms with Gasteiger partial charge in [0, 0.05) is 28.7 Å². The van der Waals surface area contributed by atoms with E-state index in [1.807, 2.05) is 24.4 Å². The quantitative estimate of drug-likeness (QED) is 0.163. The first-order chi connectivity index (χ1) is 24.4. The van der Waals surface area contributed by atoms with E-state index >= 15 is 0 Å². The highest BCUT2D eigenvalue weighted by molar-refractivity contribution is 7.21. The molecular weight excluding hydrogens is 651 g/mol. The second kappa shape index (κ2) is 11.9. The minimum atomic E-state index is -1.68. The van der Waals surface area contributed by atoms with Gasteiger partial charge in [-0.1, -0.05) is 117 Å². The van der Waals surface area contributed by atoms with E-state index in [1.54, 1.807) is 6.20 Å². The first-order valence-corrected chi connectivity index (χ1v) is 20.9. The van der Waals surface area contributed by atoms with Crippen LogP contribution < -0.4 is 5.19 Å². The van der Waals surface area contributed by atoms with E-state index < -0.39 is 8.07 Å². The van der Waals surface area contributed by atoms with Gasteiger partial charge in [-0.15, -0.1) is 11.3 Å². The predicted molar refractivity (Wildman–Crippen MR) is 208 cm³/mol. The summed E-state index contributed by atoms with van der Waals surface area (Å²) in [4.78, 5) is 24.4. The molecule has 0 atom stereocenters. The van der Waals surface area contributed by atoms with Crippen LogP contribution in [0.2, 0.25) is 19.6 Å². The lowest BCUT2D eigenvalue weighted by molar-refractivity contribution is 0.672. The van der Waals surface area contributed by atoms with Gasteiger partial charge in [-0.05, 0) is 51.7 Å². The molecule has 0 aliphatic heterocycles. The number of pyridine rings is 1. The standard InChI is InChI=1S/C42H31N5OSSi/c1-50(2,3)36-20-10-18-32-31-17-9-19-33(37(31)48-38(32)36)40-45-39(46-41(47-40)42-44-34-21-22-43-25-35(34)49-42)30-16-8-15-29(24-30)28-14-7-13-27(23-28)26-11-5-4-6-12-26/h4-25H,1-3H3. The lowest BCUT2D eigenvalue weighted by Crippen LogP contribution is -2.37. The molecule has 0 amide bonds. The summed E-state index contributed by atoms with van der Waals surface area (Å²) in [6.45, 7) is 7.04. The smallest absolute Gasteiger partial charge is 0.192 e. The normalized spacial score (nSPS) is 11.9. The highest BCUT2D eigenvalue weighted by Crippen LogP contribution is 2.37. The van der Waals surface area contributed by atoms with Gasteiger partial charge in [-0.3, -0.25) is 4.98 Å². The Kier molecular flexibility index (Phi) is 7.22. The van der Waals surface area contributed by atoms with E-state index in [1.165, 1.54) is 27.7 Å². The zero-order valence-corrected chi connectivity index (χ0v) is 29.6. The van der Waals surface area contributed by atoms with Gasteiger partial charge in [-0.25, -0.2) is 19.9 Å². The Morgan fingerprint density at radius 3 is 1.92 bits per heavy atom. The van der Waals surface area contributed by atoms with Gasteiger partial charge < -0.3 is 4.42 Å². The molecule has 8 heteroatoms. The van der Waals surface area contributed by atoms with Crippen LogP contribution in [0.25, 0.3) is 88.0 Å². The van der Waals surface area contributed by atoms with Crippen molar-refractivity contribution in [3.8, 4) is 55.9 Å². The van der Waals surface area contributed by atoms with Crippen LogP contribution in [0.15, 0.2) is 138 Å². The van der Waals surface area contributed by atoms with Crippen LogP contribution in [-0.4, -0.2) is 33.0 Å². The fourth-order valence-electron chi connectivity index (χ4n) is 6.53. The number of thiazole rings is 1. The van der Waals surface area contributed by atoms with Crippen LogP contribution in [0.4, 0.5) is 0 Å². The molecule has 6 nitrogen and oxygen atoms in total. The van der Waals surface area contributed by atoms with Crippen molar-refractivity contribution in [1.29, 1.82) is 0 Å². The van der Waals surface area contributed by atoms with Gasteiger partial charge in [0.05, 0.1) is 23.9 Å². The van der Waals surface area contributed by atoms with Crippen molar-refractivity contribution in [2.45, 2.75) is 19.6 Å². The molecule has 9 rings (SSSR count). The molecule has 0 saturated carbocycles. The van der Waals surface area contributed by atoms with E-state index in [2.05, 4.69) is 128 Å². The van der Waals surface area contributed by atoms with Crippen molar-refractivity contribution in [3.63, 3.8) is 0 Å². The summed E-state index contributed by atoms with van der Waals surface area (Å²) < 4.78 is 7.75. The maximum Gasteiger partial charge on any atom is 0.192 e. The SMILES string of the molecule is C[Si](C)(C)c1cccc2c1oc1c(-c3nc(-c4cccc(-c5cccc(-c6ccccc6)c5)c4)nc(-c4nc5ccncc5s4)n3)cccc12. The Labute approximate surface area is 294 Å². The maximum absolute atomic E-state index is 6.77. The number of nitrogens with zero attached hydrogens (tertiary/aromatic N) is 5. The second-order valence-electron chi connectivity index (χ2n) is 13.4. The topological polar surface area (TPSA) is 77.6 Å². The molecule has 0 aliphatic rings. The minimum absolute atomic E-state index is 0.513. The van der Waals surface area contributed by atoms with Gasteiger partial charge in [0.25, 0.3) is 0 Å². The number of benzene rings is 5. The van der Waals surface area contributed by atoms with Crippen LogP contribution in [-0.2, 0) is 0 Å². The van der Waals surface area contributed by atoms with Crippen LogP contribution in [0.3, 0.4) is 0 Å². The second-order valence-corrected chi connectivity index (χ2v) is 19.5. The number of fused-ring (bicyclic) bond motifs is 4. The Bertz CT molecular complexity index is 2680. The molecule has 0 radical (unpaired) electrons. The van der Waals surface area contributed by atoms with E-state index in [0.717, 1.165) is 54.4 Å². The van der Waals surface area contributed by atoms with Crippen molar-refractivity contribution in [3.05, 3.63) is 134 Å². The summed E-state index contributed by atoms with van der Waals surface area (Å²) in [5.74, 6) is 1.62. The summed E-state index contributed by atoms with van der Waals surface area (Å²) in [7, 11) is -1.68. The molecule has 0 fully saturated rings. The molecule has 4 heterocycles. The number of rotatable bonds is 6. The number of aromatic nitrogens is 5. The molecule has 0 saturated heterocycles. The summed E-state index contributed by atoms with van der Waals surface area (Å²) in [6.07, 6.45) is 3.59. The van der Waals surface area contributed by atoms with Crippen molar-refractivity contribution >= 4 is 56.8 Å². The van der Waals surface area contributed by atoms with Gasteiger partial charge in [0.15, 0.2) is 22.5 Å². The Hall–Kier alpha value is -5.83. The van der Waals surface area contributed by atoms with E-state index in [4.69, 9.17) is 24.4 Å². The third-order valence-corrected chi connectivity index (χ3v) is 12.0. The third kappa shape index (κ3) is 5.39. The third-order valence-electron chi connectivity index (χ3n) is 9.02. The molecule has 0 N–H and O–H groups in total. The van der Waals surface area contributed by atoms with Crippen molar-refractivity contribution in [1.82, 2.24) is 24.9 Å². The van der Waals surface area contributed by atoms with Crippen molar-refractivity contribution in [2.24, 2.45) is 0 Å². The molecule has 50 heavy (non-hydrogen) atoms. The lowest BCUT2D eigenvalue weighted by Gasteiger charge is -2.16. The van der Waals surface area contributed by atoms with Gasteiger partial charge >= 0.3 is 0 Å². The molecule has 240 valence electrons. The largest absolute Gasteiger partial charge is 0.455 e. The number of hydrogen-bond acceptors (Lipinski definition) is 7. The highest BCUT2D eigenvalue weighted by atomic mass is 32.1. The van der Waals surface area contributed by atoms with Gasteiger partial charge in [0.1, 0.15) is 11.2 Å². The van der Waals surface area contributed by atoms with Crippen LogP contribution >= 0.6 is 11.3 Å². The molecule has 4 aromatic heterocycles. The average Bonchev–Trinajstić information content (AvgIpc) is 3.77. The average molecular weight is 682 g/mol. The van der Waals surface area contributed by atoms with Crippen molar-refractivity contribution < 1.29 is 4.42 Å². The molecule has 0 unspecified atom stereocenters. The molecule has 0 aliphatic carbocycles. The monoisotopic (exact) mass is 681 g/mol. The zero-order valence-electron chi connectivity index (χ0n) is 27.8. The highest BCUT2D eigenvalue weighted by Gasteiger charge is 2.24. The summed E-state index contributed by atoms with van der Waals surface area (Å²) in [5, 5.41) is 4.17. The number of para-hydroxylation sites is 2. The number of hydrogen-bond donors (Lipinski definition) is 0. The van der Waals surface area contributed by atoms with Crippen LogP contribution in [0, 0.1) is 0 Å². The molecule has 0 spiro atoms. The first kappa shape index (κ1) is 30.2. The lowest BCUT2D eigenvalue weighted by atomic mass is 9.98. The minimum Gasteiger partial charge on any atom is -0.455 e. The fraction of sp³-hybridized carbons (Fsp3) is 0.0714. The summed E-state index contributed by atoms with van der Waals surface area (Å²) in [5.41, 5.74) is 8.84. The van der Waals surface area contributed by atoms with Gasteiger partial charge in [-0.2, -0.15) is 0 Å². The molecular formula is C42H31N5OSSi. The zero-order chi connectivity index (χ0) is 33.8. The van der Waals surface area contributed by atoms with Crippen LogP contribution in [0.5, 0.6) is 0 Å². The fourth-order valence-corrected chi connectivity index (χ4v) is 8.86. The summed E-state index contributed by atoms with van der Waals surface area (Å²) in [6, 6.07) is 42.1. The Morgan fingerprint density at radius 1 is 0.540 bits per heavy atom. The van der Waals surface area contributed by atoms with Gasteiger partial charge in [0.2, 0.25) is 0 Å². The van der Waals surface area contributed by atoms with E-state index in [-0.39, 0.29) is 0 Å². The first-order valence-electron chi connectivity index (χ1n) is 16.6. The van der Waals surface area contributed by atoms with Crippen LogP contribution in [0.1, 0.15) is 0 Å².